The molecule has 202 valence electrons. The van der Waals surface area contributed by atoms with Crippen molar-refractivity contribution < 1.29 is 23.1 Å². The van der Waals surface area contributed by atoms with Gasteiger partial charge in [-0.1, -0.05) is 17.7 Å². The van der Waals surface area contributed by atoms with E-state index in [1.165, 1.54) is 17.2 Å². The maximum atomic E-state index is 13.9. The first-order valence-electron chi connectivity index (χ1n) is 12.1. The van der Waals surface area contributed by atoms with Crippen LogP contribution >= 0.6 is 11.6 Å². The molecule has 0 spiro atoms. The number of carbonyl (C=O) groups excluding carboxylic acids is 1. The number of hydrogen-bond acceptors (Lipinski definition) is 6. The van der Waals surface area contributed by atoms with Crippen molar-refractivity contribution in [2.45, 2.75) is 6.18 Å². The first-order valence-corrected chi connectivity index (χ1v) is 12.5. The zero-order chi connectivity index (χ0) is 27.4. The smallest absolute Gasteiger partial charge is 0.416 e. The lowest BCUT2D eigenvalue weighted by atomic mass is 9.94. The highest BCUT2D eigenvalue weighted by atomic mass is 35.5. The van der Waals surface area contributed by atoms with Crippen molar-refractivity contribution in [3.63, 3.8) is 0 Å². The molecule has 0 atom stereocenters. The lowest BCUT2D eigenvalue weighted by Gasteiger charge is -2.28. The van der Waals surface area contributed by atoms with Crippen molar-refractivity contribution in [1.29, 1.82) is 0 Å². The zero-order valence-corrected chi connectivity index (χ0v) is 21.9. The van der Waals surface area contributed by atoms with Gasteiger partial charge < -0.3 is 25.1 Å². The number of aromatic hydroxyl groups is 1. The molecule has 1 amide bonds. The number of nitrogens with one attached hydrogen (secondary N) is 1. The Bertz CT molecular complexity index is 1300. The van der Waals surface area contributed by atoms with Crippen LogP contribution in [0.4, 0.5) is 24.7 Å². The second-order valence-electron chi connectivity index (χ2n) is 9.33. The van der Waals surface area contributed by atoms with E-state index >= 15 is 0 Å². The second-order valence-corrected chi connectivity index (χ2v) is 9.73. The number of aromatic nitrogens is 1. The minimum absolute atomic E-state index is 0.0187. The average Bonchev–Trinajstić information content (AvgIpc) is 2.89. The van der Waals surface area contributed by atoms with Gasteiger partial charge in [-0.3, -0.25) is 4.79 Å². The van der Waals surface area contributed by atoms with Crippen molar-refractivity contribution in [2.24, 2.45) is 0 Å². The summed E-state index contributed by atoms with van der Waals surface area (Å²) < 4.78 is 41.8. The molecule has 0 saturated carbocycles. The van der Waals surface area contributed by atoms with E-state index in [9.17, 15) is 23.1 Å². The maximum Gasteiger partial charge on any atom is 0.416 e. The van der Waals surface area contributed by atoms with E-state index in [2.05, 4.69) is 10.3 Å². The molecule has 0 radical (unpaired) electrons. The van der Waals surface area contributed by atoms with Gasteiger partial charge in [-0.25, -0.2) is 4.98 Å². The van der Waals surface area contributed by atoms with Crippen LogP contribution in [0.3, 0.4) is 0 Å². The number of pyridine rings is 1. The van der Waals surface area contributed by atoms with Crippen LogP contribution in [-0.2, 0) is 11.0 Å². The number of hydrogen-bond donors (Lipinski definition) is 2. The molecule has 1 aromatic heterocycles. The van der Waals surface area contributed by atoms with Gasteiger partial charge in [0, 0.05) is 56.6 Å². The number of anilines is 2. The Morgan fingerprint density at radius 2 is 1.71 bits per heavy atom. The normalized spacial score (nSPS) is 14.1. The molecule has 2 heterocycles. The molecule has 0 bridgehead atoms. The number of amides is 1. The Balaban J connectivity index is 1.78. The van der Waals surface area contributed by atoms with Crippen LogP contribution < -0.4 is 15.1 Å². The van der Waals surface area contributed by atoms with Crippen LogP contribution in [0.2, 0.25) is 5.02 Å². The van der Waals surface area contributed by atoms with Crippen molar-refractivity contribution in [3.05, 3.63) is 59.2 Å². The quantitative estimate of drug-likeness (QED) is 0.397. The standard InChI is InChI=1S/C27H29ClF3N5O2/c1-34(2)11-12-36(17-37)24-4-3-18(13-23(24)28)21-15-20(27(29,30)31)16-22(26(21)38)19-5-6-33-25(14-19)35-9-7-32-8-10-35/h3-6,13-17,32,38H,7-12H2,1-2H3. The molecular weight excluding hydrogens is 519 g/mol. The summed E-state index contributed by atoms with van der Waals surface area (Å²) in [6.45, 7) is 3.96. The van der Waals surface area contributed by atoms with Crippen LogP contribution in [0.25, 0.3) is 22.3 Å². The summed E-state index contributed by atoms with van der Waals surface area (Å²) in [4.78, 5) is 21.4. The maximum absolute atomic E-state index is 13.9. The number of phenolic OH excluding ortho intramolecular Hbond substituents is 1. The Labute approximate surface area is 224 Å². The van der Waals surface area contributed by atoms with Gasteiger partial charge in [-0.2, -0.15) is 13.2 Å². The summed E-state index contributed by atoms with van der Waals surface area (Å²) in [6.07, 6.45) is -2.46. The van der Waals surface area contributed by atoms with Crippen LogP contribution in [0, 0.1) is 0 Å². The summed E-state index contributed by atoms with van der Waals surface area (Å²) in [5.41, 5.74) is 0.245. The van der Waals surface area contributed by atoms with E-state index in [0.717, 1.165) is 25.2 Å². The largest absolute Gasteiger partial charge is 0.507 e. The number of alkyl halides is 3. The molecule has 7 nitrogen and oxygen atoms in total. The van der Waals surface area contributed by atoms with Crippen molar-refractivity contribution in [2.75, 3.05) is 63.2 Å². The number of piperazine rings is 1. The molecule has 3 aromatic rings. The molecule has 4 rings (SSSR count). The Hall–Kier alpha value is -3.34. The van der Waals surface area contributed by atoms with Gasteiger partial charge in [0.1, 0.15) is 11.6 Å². The summed E-state index contributed by atoms with van der Waals surface area (Å²) in [5.74, 6) is 0.320. The van der Waals surface area contributed by atoms with Crippen LogP contribution in [0.15, 0.2) is 48.7 Å². The van der Waals surface area contributed by atoms with Gasteiger partial charge in [0.2, 0.25) is 6.41 Å². The molecular formula is C27H29ClF3N5O2. The van der Waals surface area contributed by atoms with Gasteiger partial charge in [-0.05, 0) is 61.6 Å². The Morgan fingerprint density at radius 3 is 2.29 bits per heavy atom. The van der Waals surface area contributed by atoms with Crippen molar-refractivity contribution in [3.8, 4) is 28.0 Å². The van der Waals surface area contributed by atoms with Crippen molar-refractivity contribution in [1.82, 2.24) is 15.2 Å². The van der Waals surface area contributed by atoms with Crippen LogP contribution in [0.5, 0.6) is 5.75 Å². The van der Waals surface area contributed by atoms with E-state index < -0.39 is 11.7 Å². The topological polar surface area (TPSA) is 71.9 Å². The molecule has 2 aromatic carbocycles. The number of rotatable bonds is 8. The van der Waals surface area contributed by atoms with Gasteiger partial charge in [0.05, 0.1) is 16.3 Å². The molecule has 1 aliphatic rings. The van der Waals surface area contributed by atoms with E-state index in [0.29, 0.717) is 55.2 Å². The highest BCUT2D eigenvalue weighted by molar-refractivity contribution is 6.34. The SMILES string of the molecule is CN(C)CCN(C=O)c1ccc(-c2cc(C(F)(F)F)cc(-c3ccnc(N4CCNCC4)c3)c2O)cc1Cl. The van der Waals surface area contributed by atoms with Gasteiger partial charge >= 0.3 is 6.18 Å². The molecule has 11 heteroatoms. The van der Waals surface area contributed by atoms with E-state index in [1.54, 1.807) is 24.3 Å². The molecule has 1 fully saturated rings. The third-order valence-electron chi connectivity index (χ3n) is 6.42. The minimum atomic E-state index is -4.64. The monoisotopic (exact) mass is 547 g/mol. The minimum Gasteiger partial charge on any atom is -0.507 e. The molecule has 0 unspecified atom stereocenters. The van der Waals surface area contributed by atoms with E-state index in [-0.39, 0.29) is 21.9 Å². The summed E-state index contributed by atoms with van der Waals surface area (Å²) in [5, 5.41) is 14.6. The lowest BCUT2D eigenvalue weighted by molar-refractivity contribution is -0.137. The molecule has 1 saturated heterocycles. The van der Waals surface area contributed by atoms with E-state index in [1.807, 2.05) is 23.9 Å². The molecule has 0 aliphatic carbocycles. The number of carbonyl (C=O) groups is 1. The van der Waals surface area contributed by atoms with Gasteiger partial charge in [-0.15, -0.1) is 0 Å². The second kappa shape index (κ2) is 11.6. The first kappa shape index (κ1) is 27.7. The fourth-order valence-corrected chi connectivity index (χ4v) is 4.63. The highest BCUT2D eigenvalue weighted by Gasteiger charge is 2.33. The number of benzene rings is 2. The predicted octanol–water partition coefficient (Wildman–Crippen LogP) is 4.73. The fourth-order valence-electron chi connectivity index (χ4n) is 4.34. The Kier molecular flexibility index (Phi) is 8.44. The summed E-state index contributed by atoms with van der Waals surface area (Å²) in [7, 11) is 3.74. The predicted molar refractivity (Wildman–Crippen MR) is 144 cm³/mol. The number of halogens is 4. The fraction of sp³-hybridized carbons (Fsp3) is 0.333. The van der Waals surface area contributed by atoms with Crippen molar-refractivity contribution >= 4 is 29.5 Å². The third kappa shape index (κ3) is 6.20. The first-order chi connectivity index (χ1) is 18.1. The molecule has 38 heavy (non-hydrogen) atoms. The number of likely N-dealkylation sites (N-methyl/N-ethyl adjacent to an activating group) is 1. The molecule has 2 N–H and O–H groups in total. The summed E-state index contributed by atoms with van der Waals surface area (Å²) in [6, 6.07) is 9.69. The third-order valence-corrected chi connectivity index (χ3v) is 6.72. The molecule has 1 aliphatic heterocycles. The van der Waals surface area contributed by atoms with E-state index in [4.69, 9.17) is 11.6 Å². The van der Waals surface area contributed by atoms with Gasteiger partial charge in [0.15, 0.2) is 0 Å². The lowest BCUT2D eigenvalue weighted by Crippen LogP contribution is -2.43. The Morgan fingerprint density at radius 1 is 1.05 bits per heavy atom. The number of nitrogens with zero attached hydrogens (tertiary/aromatic N) is 4. The average molecular weight is 548 g/mol. The van der Waals surface area contributed by atoms with Gasteiger partial charge in [0.25, 0.3) is 0 Å². The van der Waals surface area contributed by atoms with Crippen LogP contribution in [0.1, 0.15) is 5.56 Å². The summed E-state index contributed by atoms with van der Waals surface area (Å²) >= 11 is 6.48. The van der Waals surface area contributed by atoms with Crippen LogP contribution in [-0.4, -0.2) is 74.8 Å². The number of phenols is 1. The highest BCUT2D eigenvalue weighted by Crippen LogP contribution is 2.44. The zero-order valence-electron chi connectivity index (χ0n) is 21.1.